The molecule has 0 bridgehead atoms. The second-order valence-corrected chi connectivity index (χ2v) is 11.7. The van der Waals surface area contributed by atoms with E-state index in [1.54, 1.807) is 19.1 Å². The van der Waals surface area contributed by atoms with Gasteiger partial charge in [-0.25, -0.2) is 4.79 Å². The molecule has 1 unspecified atom stereocenters. The van der Waals surface area contributed by atoms with Gasteiger partial charge in [0.05, 0.1) is 56.5 Å². The molecule has 1 saturated heterocycles. The summed E-state index contributed by atoms with van der Waals surface area (Å²) >= 11 is 0. The lowest BCUT2D eigenvalue weighted by Gasteiger charge is -2.47. The van der Waals surface area contributed by atoms with E-state index in [0.717, 1.165) is 11.3 Å². The van der Waals surface area contributed by atoms with Crippen molar-refractivity contribution in [2.45, 2.75) is 38.5 Å². The van der Waals surface area contributed by atoms with Crippen LogP contribution in [0.5, 0.6) is 5.75 Å². The molecule has 3 aliphatic heterocycles. The Morgan fingerprint density at radius 2 is 1.70 bits per heavy atom. The number of esters is 1. The van der Waals surface area contributed by atoms with Crippen molar-refractivity contribution in [3.05, 3.63) is 81.4 Å². The summed E-state index contributed by atoms with van der Waals surface area (Å²) in [4.78, 5) is 28.1. The van der Waals surface area contributed by atoms with Gasteiger partial charge in [-0.05, 0) is 44.6 Å². The zero-order valence-electron chi connectivity index (χ0n) is 25.7. The lowest BCUT2D eigenvalue weighted by molar-refractivity contribution is -0.385. The third kappa shape index (κ3) is 6.37. The molecule has 2 aromatic carbocycles. The Balaban J connectivity index is 1.50. The number of para-hydroxylation sites is 1. The van der Waals surface area contributed by atoms with Crippen LogP contribution in [0.1, 0.15) is 37.5 Å². The van der Waals surface area contributed by atoms with E-state index < -0.39 is 17.1 Å². The highest BCUT2D eigenvalue weighted by atomic mass is 16.6. The fraction of sp³-hybridized carbons (Fsp3) is 0.485. The molecule has 11 heteroatoms. The van der Waals surface area contributed by atoms with E-state index in [0.29, 0.717) is 88.3 Å². The molecule has 0 N–H and O–H groups in total. The second kappa shape index (κ2) is 13.5. The monoisotopic (exact) mass is 607 g/mol. The van der Waals surface area contributed by atoms with Gasteiger partial charge in [0.15, 0.2) is 0 Å². The molecule has 44 heavy (non-hydrogen) atoms. The molecule has 0 aliphatic carbocycles. The predicted molar refractivity (Wildman–Crippen MR) is 166 cm³/mol. The average Bonchev–Trinajstić information content (AvgIpc) is 3.16. The molecule has 1 fully saturated rings. The molecule has 3 heterocycles. The number of anilines is 1. The maximum Gasteiger partial charge on any atom is 0.333 e. The predicted octanol–water partition coefficient (Wildman–Crippen LogP) is 4.48. The molecule has 11 nitrogen and oxygen atoms in total. The number of rotatable bonds is 7. The summed E-state index contributed by atoms with van der Waals surface area (Å²) in [5.41, 5.74) is 2.21. The van der Waals surface area contributed by atoms with Gasteiger partial charge in [-0.2, -0.15) is 0 Å². The topological polar surface area (TPSA) is 113 Å². The highest BCUT2D eigenvalue weighted by molar-refractivity contribution is 5.87. The minimum Gasteiger partial charge on any atom is -0.462 e. The van der Waals surface area contributed by atoms with Crippen LogP contribution >= 0.6 is 0 Å². The van der Waals surface area contributed by atoms with E-state index in [9.17, 15) is 14.9 Å². The van der Waals surface area contributed by atoms with E-state index >= 15 is 0 Å². The summed E-state index contributed by atoms with van der Waals surface area (Å²) in [5.74, 6) is 0.140. The Morgan fingerprint density at radius 1 is 1.05 bits per heavy atom. The van der Waals surface area contributed by atoms with E-state index in [-0.39, 0.29) is 17.2 Å². The third-order valence-electron chi connectivity index (χ3n) is 8.44. The largest absolute Gasteiger partial charge is 0.462 e. The summed E-state index contributed by atoms with van der Waals surface area (Å²) < 4.78 is 29.6. The highest BCUT2D eigenvalue weighted by Gasteiger charge is 2.59. The number of carbonyl (C=O) groups excluding carboxylic acids is 1. The molecule has 3 aliphatic rings. The number of fused-ring (bicyclic) bond motifs is 2. The molecule has 0 amide bonds. The molecule has 2 aromatic rings. The normalized spacial score (nSPS) is 21.8. The van der Waals surface area contributed by atoms with Crippen LogP contribution in [0.15, 0.2) is 54.6 Å². The van der Waals surface area contributed by atoms with Crippen molar-refractivity contribution in [3.8, 4) is 5.75 Å². The first-order chi connectivity index (χ1) is 21.1. The molecular weight excluding hydrogens is 566 g/mol. The number of nitro benzene ring substituents is 1. The molecular formula is C33H41N3O8. The maximum absolute atomic E-state index is 12.2. The van der Waals surface area contributed by atoms with Gasteiger partial charge >= 0.3 is 5.97 Å². The van der Waals surface area contributed by atoms with Gasteiger partial charge in [0.25, 0.3) is 5.69 Å². The molecule has 5 rings (SSSR count). The van der Waals surface area contributed by atoms with Gasteiger partial charge in [-0.3, -0.25) is 15.0 Å². The van der Waals surface area contributed by atoms with Crippen LogP contribution in [0.3, 0.4) is 0 Å². The fourth-order valence-corrected chi connectivity index (χ4v) is 6.07. The lowest BCUT2D eigenvalue weighted by atomic mass is 9.76. The minimum atomic E-state index is -0.988. The van der Waals surface area contributed by atoms with E-state index in [4.69, 9.17) is 23.7 Å². The fourth-order valence-electron chi connectivity index (χ4n) is 6.07. The first kappa shape index (κ1) is 31.6. The van der Waals surface area contributed by atoms with Crippen molar-refractivity contribution in [1.29, 1.82) is 0 Å². The number of hydrogen-bond donors (Lipinski definition) is 0. The summed E-state index contributed by atoms with van der Waals surface area (Å²) in [6, 6.07) is 11.3. The van der Waals surface area contributed by atoms with Crippen molar-refractivity contribution in [2.75, 3.05) is 70.8 Å². The zero-order valence-corrected chi connectivity index (χ0v) is 25.7. The van der Waals surface area contributed by atoms with Gasteiger partial charge < -0.3 is 28.6 Å². The summed E-state index contributed by atoms with van der Waals surface area (Å²) in [6.07, 6.45) is 3.89. The molecule has 1 spiro atoms. The van der Waals surface area contributed by atoms with Gasteiger partial charge in [0.1, 0.15) is 12.4 Å². The van der Waals surface area contributed by atoms with E-state index in [1.165, 1.54) is 0 Å². The number of carbonyl (C=O) groups is 1. The van der Waals surface area contributed by atoms with Gasteiger partial charge in [-0.1, -0.05) is 24.8 Å². The maximum atomic E-state index is 12.2. The van der Waals surface area contributed by atoms with Crippen LogP contribution in [0, 0.1) is 10.1 Å². The Hall–Kier alpha value is -3.77. The molecule has 0 saturated carbocycles. The van der Waals surface area contributed by atoms with E-state index in [1.807, 2.05) is 30.4 Å². The summed E-state index contributed by atoms with van der Waals surface area (Å²) in [5, 5.41) is 12.0. The number of non-ortho nitro benzene ring substituents is 1. The zero-order chi connectivity index (χ0) is 31.3. The molecule has 236 valence electrons. The molecule has 0 radical (unpaired) electrons. The standard InChI is InChI=1S/C33H41N3O8/c1-24(2)31(37)43-16-13-35-29-8-6-5-7-28(29)32(3,4)33(35)10-9-25-21-27(36(38)39)22-26(30(25)44-33)23-34-11-14-40-17-19-42-20-18-41-15-12-34/h5-10,21-22H,1,11-20,23H2,2-4H3. The van der Waals surface area contributed by atoms with Gasteiger partial charge in [0.2, 0.25) is 5.72 Å². The first-order valence-electron chi connectivity index (χ1n) is 15.0. The Kier molecular flexibility index (Phi) is 9.69. The third-order valence-corrected chi connectivity index (χ3v) is 8.44. The van der Waals surface area contributed by atoms with Crippen LogP contribution in [0.4, 0.5) is 11.4 Å². The number of ether oxygens (including phenoxy) is 5. The Bertz CT molecular complexity index is 1410. The van der Waals surface area contributed by atoms with Crippen molar-refractivity contribution in [1.82, 2.24) is 4.90 Å². The van der Waals surface area contributed by atoms with Crippen molar-refractivity contribution in [3.63, 3.8) is 0 Å². The SMILES string of the molecule is C=C(C)C(=O)OCCN1c2ccccc2C(C)(C)C12C=Cc1cc([N+](=O)[O-])cc(CN3CCOCCOCCOCC3)c1O2. The molecule has 1 atom stereocenters. The number of hydrogen-bond acceptors (Lipinski definition) is 10. The van der Waals surface area contributed by atoms with Crippen molar-refractivity contribution < 1.29 is 33.4 Å². The quantitative estimate of drug-likeness (QED) is 0.193. The van der Waals surface area contributed by atoms with Crippen molar-refractivity contribution in [2.24, 2.45) is 0 Å². The van der Waals surface area contributed by atoms with Crippen LogP contribution in [0.2, 0.25) is 0 Å². The Labute approximate surface area is 258 Å². The lowest BCUT2D eigenvalue weighted by Crippen LogP contribution is -2.60. The first-order valence-corrected chi connectivity index (χ1v) is 15.0. The average molecular weight is 608 g/mol. The molecule has 0 aromatic heterocycles. The van der Waals surface area contributed by atoms with Crippen LogP contribution in [-0.2, 0) is 35.7 Å². The van der Waals surface area contributed by atoms with E-state index in [2.05, 4.69) is 36.3 Å². The Morgan fingerprint density at radius 3 is 2.36 bits per heavy atom. The number of nitro groups is 1. The van der Waals surface area contributed by atoms with Crippen LogP contribution < -0.4 is 9.64 Å². The van der Waals surface area contributed by atoms with Crippen LogP contribution in [0.25, 0.3) is 6.08 Å². The number of benzene rings is 2. The smallest absolute Gasteiger partial charge is 0.333 e. The number of nitrogens with zero attached hydrogens (tertiary/aromatic N) is 3. The van der Waals surface area contributed by atoms with Gasteiger partial charge in [0, 0.05) is 54.2 Å². The van der Waals surface area contributed by atoms with Gasteiger partial charge in [-0.15, -0.1) is 0 Å². The minimum absolute atomic E-state index is 0.000477. The second-order valence-electron chi connectivity index (χ2n) is 11.7. The highest BCUT2D eigenvalue weighted by Crippen LogP contribution is 2.55. The summed E-state index contributed by atoms with van der Waals surface area (Å²) in [7, 11) is 0. The van der Waals surface area contributed by atoms with Crippen molar-refractivity contribution >= 4 is 23.4 Å². The van der Waals surface area contributed by atoms with Crippen LogP contribution in [-0.4, -0.2) is 87.4 Å². The summed E-state index contributed by atoms with van der Waals surface area (Å²) in [6.45, 7) is 14.6.